The van der Waals surface area contributed by atoms with Gasteiger partial charge in [-0.1, -0.05) is 35.4 Å². The fraction of sp³-hybridized carbons (Fsp3) is 0.138. The maximum atomic E-state index is 12.4. The third-order valence-electron chi connectivity index (χ3n) is 5.87. The number of aryl methyl sites for hydroxylation is 2. The molecule has 1 aliphatic heterocycles. The Balaban J connectivity index is 0.000000181. The number of benzene rings is 4. The van der Waals surface area contributed by atoms with Gasteiger partial charge in [0.25, 0.3) is 20.2 Å². The minimum absolute atomic E-state index is 0.0314. The third kappa shape index (κ3) is 9.45. The van der Waals surface area contributed by atoms with Crippen LogP contribution in [-0.2, 0) is 20.2 Å². The Morgan fingerprint density at radius 2 is 1.15 bits per heavy atom. The van der Waals surface area contributed by atoms with E-state index in [2.05, 4.69) is 0 Å². The van der Waals surface area contributed by atoms with Crippen LogP contribution in [-0.4, -0.2) is 57.5 Å². The van der Waals surface area contributed by atoms with E-state index in [1.807, 2.05) is 62.4 Å². The number of carbonyl (C=O) groups excluding carboxylic acids is 1. The van der Waals surface area contributed by atoms with Crippen LogP contribution in [0.25, 0.3) is 0 Å². The van der Waals surface area contributed by atoms with E-state index in [1.165, 1.54) is 24.3 Å². The average Bonchev–Trinajstić information content (AvgIpc) is 2.91. The van der Waals surface area contributed by atoms with E-state index < -0.39 is 20.2 Å². The molecule has 0 aliphatic carbocycles. The number of fused-ring (bicyclic) bond motifs is 1. The summed E-state index contributed by atoms with van der Waals surface area (Å²) in [6.07, 6.45) is -0.176. The first kappa shape index (κ1) is 32.9. The van der Waals surface area contributed by atoms with Crippen molar-refractivity contribution in [3.63, 3.8) is 0 Å². The fourth-order valence-corrected chi connectivity index (χ4v) is 6.60. The van der Waals surface area contributed by atoms with Crippen LogP contribution in [0.2, 0.25) is 8.50 Å². The van der Waals surface area contributed by atoms with Gasteiger partial charge >= 0.3 is 133 Å². The number of para-hydroxylation sites is 1. The van der Waals surface area contributed by atoms with Crippen molar-refractivity contribution in [3.8, 4) is 5.75 Å². The molecule has 0 fully saturated rings. The summed E-state index contributed by atoms with van der Waals surface area (Å²) in [5.41, 5.74) is 3.63. The topological polar surface area (TPSA) is 135 Å². The molecule has 0 radical (unpaired) electrons. The van der Waals surface area contributed by atoms with Crippen LogP contribution in [0.1, 0.15) is 33.2 Å². The first-order chi connectivity index (χ1) is 19.2. The number of ether oxygens (including phenoxy) is 1. The zero-order valence-electron chi connectivity index (χ0n) is 22.0. The number of hydrogen-bond donors (Lipinski definition) is 2. The minimum atomic E-state index is -4.02. The van der Waals surface area contributed by atoms with Crippen LogP contribution in [0.3, 0.4) is 0 Å². The van der Waals surface area contributed by atoms with Crippen molar-refractivity contribution in [2.75, 3.05) is 0 Å². The van der Waals surface area contributed by atoms with Crippen molar-refractivity contribution in [1.82, 2.24) is 0 Å². The Bertz CT molecular complexity index is 1630. The van der Waals surface area contributed by atoms with Gasteiger partial charge in [-0.25, -0.2) is 0 Å². The van der Waals surface area contributed by atoms with Gasteiger partial charge in [0.05, 0.1) is 9.79 Å². The van der Waals surface area contributed by atoms with Crippen LogP contribution >= 0.6 is 11.6 Å². The molecule has 12 heteroatoms. The normalized spacial score (nSPS) is 16.1. The molecule has 212 valence electrons. The van der Waals surface area contributed by atoms with Crippen molar-refractivity contribution >= 4 is 63.4 Å². The Morgan fingerprint density at radius 3 is 1.59 bits per heavy atom. The molecule has 0 saturated carbocycles. The van der Waals surface area contributed by atoms with Crippen molar-refractivity contribution < 1.29 is 35.5 Å². The molecule has 0 amide bonds. The van der Waals surface area contributed by atoms with Crippen LogP contribution in [0.4, 0.5) is 0 Å². The number of hydrogen-bond acceptors (Lipinski definition) is 6. The van der Waals surface area contributed by atoms with E-state index >= 15 is 0 Å². The van der Waals surface area contributed by atoms with Gasteiger partial charge < -0.3 is 0 Å². The fourth-order valence-electron chi connectivity index (χ4n) is 3.65. The summed E-state index contributed by atoms with van der Waals surface area (Å²) in [7, 11) is -8.04. The molecule has 41 heavy (non-hydrogen) atoms. The van der Waals surface area contributed by atoms with Gasteiger partial charge in [0.2, 0.25) is 0 Å². The number of carbonyl (C=O) groups is 1. The van der Waals surface area contributed by atoms with Gasteiger partial charge in [-0.15, -0.1) is 0 Å². The second-order valence-corrected chi connectivity index (χ2v) is 15.1. The standard InChI is InChI=1S/C15H10ClO2.2C7H8O3S.Tl/c16-11-7-5-10(6-8-11)15-9-13(17)12-3-1-2-4-14(12)18-15;2*1-6-2-4-7(5-3-6)11(8,9)10;/h1-9,15H;2*2-5H,1H3,(H,8,9,10);/t15-;;;/m1.../s1. The summed E-state index contributed by atoms with van der Waals surface area (Å²) in [4.78, 5) is 12.3. The zero-order chi connectivity index (χ0) is 30.4. The predicted octanol–water partition coefficient (Wildman–Crippen LogP) is 6.10. The van der Waals surface area contributed by atoms with E-state index in [9.17, 15) is 21.6 Å². The van der Waals surface area contributed by atoms with Gasteiger partial charge in [-0.2, -0.15) is 16.8 Å². The molecule has 8 nitrogen and oxygen atoms in total. The Morgan fingerprint density at radius 1 is 0.707 bits per heavy atom. The molecule has 0 unspecified atom stereocenters. The van der Waals surface area contributed by atoms with Crippen molar-refractivity contribution in [2.24, 2.45) is 0 Å². The zero-order valence-corrected chi connectivity index (χ0v) is 28.9. The molecule has 2 N–H and O–H groups in total. The van der Waals surface area contributed by atoms with Crippen LogP contribution in [0.15, 0.2) is 107 Å². The number of halogens is 1. The molecule has 0 bridgehead atoms. The number of Topliss-reactive ketones (excluding diaryl/α,β-unsaturated/α-hetero) is 1. The summed E-state index contributed by atoms with van der Waals surface area (Å²) < 4.78 is 65.1. The Labute approximate surface area is 260 Å². The molecule has 4 aromatic carbocycles. The maximum absolute atomic E-state index is 12.4. The third-order valence-corrected chi connectivity index (χ3v) is 10.4. The van der Waals surface area contributed by atoms with Gasteiger partial charge in [0.15, 0.2) is 0 Å². The average molecular weight is 806 g/mol. The van der Waals surface area contributed by atoms with Crippen LogP contribution < -0.4 is 4.74 Å². The first-order valence-corrected chi connectivity index (χ1v) is 17.9. The van der Waals surface area contributed by atoms with E-state index in [1.54, 1.807) is 24.3 Å². The Kier molecular flexibility index (Phi) is 11.3. The van der Waals surface area contributed by atoms with Gasteiger partial charge in [-0.3, -0.25) is 9.11 Å². The summed E-state index contributed by atoms with van der Waals surface area (Å²) in [5.74, 6) is 0.885. The van der Waals surface area contributed by atoms with Gasteiger partial charge in [0.1, 0.15) is 0 Å². The summed E-state index contributed by atoms with van der Waals surface area (Å²) in [5, 5.41) is 0.693. The quantitative estimate of drug-likeness (QED) is 0.188. The predicted molar refractivity (Wildman–Crippen MR) is 157 cm³/mol. The van der Waals surface area contributed by atoms with E-state index in [0.29, 0.717) is 42.1 Å². The second kappa shape index (κ2) is 14.0. The first-order valence-electron chi connectivity index (χ1n) is 12.1. The van der Waals surface area contributed by atoms with Crippen LogP contribution in [0, 0.1) is 13.8 Å². The van der Waals surface area contributed by atoms with E-state index in [-0.39, 0.29) is 25.2 Å². The molecule has 4 aromatic rings. The molecule has 1 heterocycles. The summed E-state index contributed by atoms with van der Waals surface area (Å²) in [6.45, 7) is 3.68. The SMILES string of the molecule is Cc1ccc(S(=O)(=O)O)cc1.Cc1ccc(S(=O)(=O)O)cc1.O=C1c2ccccc2O[C@@H](c2ccc(Cl)cc2)[C@@H]1[Tl]. The number of rotatable bonds is 3. The molecule has 0 aromatic heterocycles. The molecular formula is C29H26ClO8S2Tl. The van der Waals surface area contributed by atoms with Crippen molar-refractivity contribution in [1.29, 1.82) is 0 Å². The summed E-state index contributed by atoms with van der Waals surface area (Å²) >= 11 is 6.43. The van der Waals surface area contributed by atoms with Gasteiger partial charge in [-0.05, 0) is 38.1 Å². The van der Waals surface area contributed by atoms with E-state index in [0.717, 1.165) is 16.7 Å². The Hall–Kier alpha value is -2.62. The van der Waals surface area contributed by atoms with Crippen LogP contribution in [0.5, 0.6) is 5.75 Å². The molecule has 0 spiro atoms. The molecular weight excluding hydrogens is 780 g/mol. The molecule has 0 saturated heterocycles. The monoisotopic (exact) mass is 806 g/mol. The van der Waals surface area contributed by atoms with Crippen molar-refractivity contribution in [2.45, 2.75) is 33.2 Å². The van der Waals surface area contributed by atoms with E-state index in [4.69, 9.17) is 25.4 Å². The molecule has 1 aliphatic rings. The summed E-state index contributed by atoms with van der Waals surface area (Å²) in [6, 6.07) is 27.0. The molecule has 5 rings (SSSR count). The van der Waals surface area contributed by atoms with Crippen molar-refractivity contribution in [3.05, 3.63) is 124 Å². The second-order valence-electron chi connectivity index (χ2n) is 9.05. The van der Waals surface area contributed by atoms with Gasteiger partial charge in [0, 0.05) is 0 Å². The number of ketones is 1. The molecule has 2 atom stereocenters.